The van der Waals surface area contributed by atoms with E-state index in [2.05, 4.69) is 17.7 Å². The summed E-state index contributed by atoms with van der Waals surface area (Å²) >= 11 is 11.8. The summed E-state index contributed by atoms with van der Waals surface area (Å²) in [5.74, 6) is 0.610. The van der Waals surface area contributed by atoms with Gasteiger partial charge in [0.1, 0.15) is 0 Å². The van der Waals surface area contributed by atoms with Gasteiger partial charge in [-0.15, -0.1) is 5.10 Å². The summed E-state index contributed by atoms with van der Waals surface area (Å²) in [7, 11) is 1.83. The highest BCUT2D eigenvalue weighted by atomic mass is 35.5. The van der Waals surface area contributed by atoms with Crippen LogP contribution < -0.4 is 0 Å². The molecule has 1 atom stereocenters. The van der Waals surface area contributed by atoms with Gasteiger partial charge in [0.25, 0.3) is 4.39 Å². The second-order valence-corrected chi connectivity index (χ2v) is 5.92. The Morgan fingerprint density at radius 1 is 1.44 bits per heavy atom. The van der Waals surface area contributed by atoms with E-state index < -0.39 is 4.39 Å². The first kappa shape index (κ1) is 12.0. The van der Waals surface area contributed by atoms with E-state index in [1.54, 1.807) is 11.9 Å². The second kappa shape index (κ2) is 4.39. The van der Waals surface area contributed by atoms with Crippen LogP contribution in [0.1, 0.15) is 6.92 Å². The Morgan fingerprint density at radius 3 is 2.56 bits per heavy atom. The van der Waals surface area contributed by atoms with Crippen molar-refractivity contribution in [2.75, 3.05) is 7.05 Å². The molecule has 1 unspecified atom stereocenters. The van der Waals surface area contributed by atoms with Gasteiger partial charge in [-0.2, -0.15) is 0 Å². The molecule has 0 radical (unpaired) electrons. The van der Waals surface area contributed by atoms with E-state index in [1.165, 1.54) is 11.8 Å². The fraction of sp³-hybridized carbons (Fsp3) is 0.300. The van der Waals surface area contributed by atoms with Crippen LogP contribution in [0.4, 0.5) is 0 Å². The molecule has 0 N–H and O–H groups in total. The Morgan fingerprint density at radius 2 is 2.06 bits per heavy atom. The van der Waals surface area contributed by atoms with Crippen molar-refractivity contribution in [3.05, 3.63) is 29.3 Å². The maximum absolute atomic E-state index is 5.82. The zero-order valence-corrected chi connectivity index (χ0v) is 11.3. The first-order valence-corrected chi connectivity index (χ1v) is 6.29. The molecule has 0 aliphatic carbocycles. The van der Waals surface area contributed by atoms with Crippen molar-refractivity contribution >= 4 is 41.9 Å². The molecule has 3 nitrogen and oxygen atoms in total. The summed E-state index contributed by atoms with van der Waals surface area (Å²) in [6, 6.07) is 7.53. The second-order valence-electron chi connectivity index (χ2n) is 3.35. The van der Waals surface area contributed by atoms with Crippen molar-refractivity contribution in [2.45, 2.75) is 16.2 Å². The number of thioether (sulfide) groups is 1. The number of halogens is 1. The molecule has 6 heteroatoms. The smallest absolute Gasteiger partial charge is 0.298 e. The van der Waals surface area contributed by atoms with Crippen molar-refractivity contribution in [3.8, 4) is 0 Å². The molecular formula is C10H11ClN2OS2. The van der Waals surface area contributed by atoms with Gasteiger partial charge >= 0.3 is 0 Å². The number of rotatable bonds is 2. The van der Waals surface area contributed by atoms with E-state index in [9.17, 15) is 0 Å². The lowest BCUT2D eigenvalue weighted by Gasteiger charge is -2.27. The molecule has 0 amide bonds. The van der Waals surface area contributed by atoms with Crippen LogP contribution in [0.25, 0.3) is 0 Å². The lowest BCUT2D eigenvalue weighted by atomic mass is 10.4. The maximum Gasteiger partial charge on any atom is 0.298 e. The number of hydrogen-bond acceptors (Lipinski definition) is 5. The average molecular weight is 275 g/mol. The zero-order chi connectivity index (χ0) is 11.8. The minimum absolute atomic E-state index is 0.610. The summed E-state index contributed by atoms with van der Waals surface area (Å²) in [4.78, 5) is 1.02. The first-order valence-electron chi connectivity index (χ1n) is 4.64. The summed E-state index contributed by atoms with van der Waals surface area (Å²) in [5.41, 5.74) is 0. The fourth-order valence-corrected chi connectivity index (χ4v) is 2.83. The van der Waals surface area contributed by atoms with Crippen LogP contribution in [0, 0.1) is 0 Å². The molecule has 0 saturated heterocycles. The highest BCUT2D eigenvalue weighted by Crippen LogP contribution is 2.42. The van der Waals surface area contributed by atoms with Crippen LogP contribution in [0.3, 0.4) is 0 Å². The van der Waals surface area contributed by atoms with Gasteiger partial charge in [-0.1, -0.05) is 24.2 Å². The van der Waals surface area contributed by atoms with E-state index in [0.29, 0.717) is 10.9 Å². The molecule has 0 aromatic heterocycles. The Balaban J connectivity index is 2.13. The van der Waals surface area contributed by atoms with Crippen LogP contribution in [0.15, 0.2) is 34.3 Å². The average Bonchev–Trinajstić information content (AvgIpc) is 2.44. The molecule has 1 aliphatic rings. The zero-order valence-electron chi connectivity index (χ0n) is 8.85. The normalized spacial score (nSPS) is 24.2. The third kappa shape index (κ3) is 2.42. The Bertz CT molecular complexity index is 423. The monoisotopic (exact) mass is 274 g/mol. The molecule has 1 aliphatic heterocycles. The molecule has 86 valence electrons. The summed E-state index contributed by atoms with van der Waals surface area (Å²) in [5, 5.41) is 6.56. The molecule has 0 saturated carbocycles. The number of hydrogen-bond donors (Lipinski definition) is 1. The van der Waals surface area contributed by atoms with Gasteiger partial charge in [0.05, 0.1) is 0 Å². The van der Waals surface area contributed by atoms with Crippen molar-refractivity contribution < 1.29 is 4.74 Å². The van der Waals surface area contributed by atoms with Crippen LogP contribution in [0.5, 0.6) is 0 Å². The predicted octanol–water partition coefficient (Wildman–Crippen LogP) is 3.27. The van der Waals surface area contributed by atoms with Gasteiger partial charge < -0.3 is 4.74 Å². The van der Waals surface area contributed by atoms with Gasteiger partial charge in [0, 0.05) is 23.9 Å². The molecule has 1 heterocycles. The van der Waals surface area contributed by atoms with Crippen LogP contribution in [-0.2, 0) is 4.74 Å². The topological polar surface area (TPSA) is 24.8 Å². The van der Waals surface area contributed by atoms with Gasteiger partial charge in [-0.3, -0.25) is 0 Å². The number of thiol groups is 1. The van der Waals surface area contributed by atoms with Crippen molar-refractivity contribution in [3.63, 3.8) is 0 Å². The first-order chi connectivity index (χ1) is 7.49. The maximum atomic E-state index is 5.82. The van der Waals surface area contributed by atoms with Crippen LogP contribution in [-0.4, -0.2) is 22.3 Å². The lowest BCUT2D eigenvalue weighted by Crippen LogP contribution is -2.32. The van der Waals surface area contributed by atoms with Gasteiger partial charge in [0.15, 0.2) is 0 Å². The molecule has 2 rings (SSSR count). The van der Waals surface area contributed by atoms with E-state index in [0.717, 1.165) is 4.90 Å². The van der Waals surface area contributed by atoms with Gasteiger partial charge in [-0.25, -0.2) is 5.01 Å². The van der Waals surface area contributed by atoms with E-state index >= 15 is 0 Å². The quantitative estimate of drug-likeness (QED) is 0.662. The predicted molar refractivity (Wildman–Crippen MR) is 71.0 cm³/mol. The molecule has 1 aromatic carbocycles. The van der Waals surface area contributed by atoms with Crippen molar-refractivity contribution in [1.29, 1.82) is 0 Å². The van der Waals surface area contributed by atoms with Gasteiger partial charge in [-0.05, 0) is 36.0 Å². The number of benzene rings is 1. The molecule has 1 aromatic rings. The van der Waals surface area contributed by atoms with E-state index in [4.69, 9.17) is 16.3 Å². The molecule has 0 bridgehead atoms. The Hall–Kier alpha value is -0.520. The van der Waals surface area contributed by atoms with Crippen LogP contribution >= 0.6 is 36.0 Å². The van der Waals surface area contributed by atoms with Crippen molar-refractivity contribution in [1.82, 2.24) is 5.01 Å². The standard InChI is InChI=1S/C10H11ClN2OS2/c1-7-12-13(2)10(15,14-7)16-9-5-3-8(11)4-6-9/h3-6,15H,1-2H3. The number of hydrazone groups is 1. The minimum Gasteiger partial charge on any atom is -0.433 e. The molecular weight excluding hydrogens is 264 g/mol. The lowest BCUT2D eigenvalue weighted by molar-refractivity contribution is 0.130. The molecule has 0 spiro atoms. The van der Waals surface area contributed by atoms with Crippen LogP contribution in [0.2, 0.25) is 5.02 Å². The molecule has 16 heavy (non-hydrogen) atoms. The summed E-state index contributed by atoms with van der Waals surface area (Å²) in [6.45, 7) is 1.80. The van der Waals surface area contributed by atoms with E-state index in [1.807, 2.05) is 31.3 Å². The summed E-state index contributed by atoms with van der Waals surface area (Å²) in [6.07, 6.45) is 0. The number of nitrogens with zero attached hydrogens (tertiary/aromatic N) is 2. The summed E-state index contributed by atoms with van der Waals surface area (Å²) < 4.78 is 4.79. The highest BCUT2D eigenvalue weighted by Gasteiger charge is 2.39. The Labute approximate surface area is 109 Å². The third-order valence-corrected chi connectivity index (χ3v) is 4.07. The molecule has 0 fully saturated rings. The number of ether oxygens (including phenoxy) is 1. The largest absolute Gasteiger partial charge is 0.433 e. The SMILES string of the molecule is CC1=NN(C)C(S)(Sc2ccc(Cl)cc2)O1. The minimum atomic E-state index is -0.780. The Kier molecular flexibility index (Phi) is 3.28. The fourth-order valence-electron chi connectivity index (χ4n) is 1.30. The highest BCUT2D eigenvalue weighted by molar-refractivity contribution is 8.11. The van der Waals surface area contributed by atoms with E-state index in [-0.39, 0.29) is 0 Å². The van der Waals surface area contributed by atoms with Gasteiger partial charge in [0.2, 0.25) is 5.90 Å². The van der Waals surface area contributed by atoms with Crippen molar-refractivity contribution in [2.24, 2.45) is 5.10 Å². The third-order valence-electron chi connectivity index (χ3n) is 2.04.